The Balaban J connectivity index is 3.27. The van der Waals surface area contributed by atoms with Gasteiger partial charge in [0.25, 0.3) is 6.43 Å². The summed E-state index contributed by atoms with van der Waals surface area (Å²) < 4.78 is 37.0. The van der Waals surface area contributed by atoms with Crippen LogP contribution in [-0.4, -0.2) is 4.98 Å². The average Bonchev–Trinajstić information content (AvgIpc) is 2.01. The standard InChI is InChI=1S/C8H5F3N2O/c9-7(10)6-5(14)3-4(1-2-12)13-8(6)11/h3,7H,1H2,(H,13,14). The van der Waals surface area contributed by atoms with E-state index in [0.29, 0.717) is 0 Å². The van der Waals surface area contributed by atoms with Crippen molar-refractivity contribution >= 4 is 0 Å². The lowest BCUT2D eigenvalue weighted by atomic mass is 10.2. The van der Waals surface area contributed by atoms with Crippen LogP contribution in [0.2, 0.25) is 0 Å². The van der Waals surface area contributed by atoms with Crippen LogP contribution < -0.4 is 5.43 Å². The van der Waals surface area contributed by atoms with E-state index in [0.717, 1.165) is 6.07 Å². The molecule has 14 heavy (non-hydrogen) atoms. The molecule has 6 heteroatoms. The molecule has 0 saturated carbocycles. The zero-order chi connectivity index (χ0) is 10.7. The van der Waals surface area contributed by atoms with Crippen LogP contribution in [0, 0.1) is 17.3 Å². The van der Waals surface area contributed by atoms with Crippen LogP contribution >= 0.6 is 0 Å². The molecule has 0 aliphatic rings. The average molecular weight is 202 g/mol. The van der Waals surface area contributed by atoms with E-state index in [4.69, 9.17) is 5.26 Å². The molecule has 1 N–H and O–H groups in total. The minimum atomic E-state index is -3.16. The molecule has 0 bridgehead atoms. The van der Waals surface area contributed by atoms with Gasteiger partial charge in [-0.3, -0.25) is 4.79 Å². The number of alkyl halides is 2. The maximum Gasteiger partial charge on any atom is 0.271 e. The molecule has 0 spiro atoms. The molecule has 0 unspecified atom stereocenters. The Morgan fingerprint density at radius 3 is 2.64 bits per heavy atom. The van der Waals surface area contributed by atoms with Crippen molar-refractivity contribution in [1.29, 1.82) is 5.26 Å². The van der Waals surface area contributed by atoms with Crippen LogP contribution in [0.25, 0.3) is 0 Å². The van der Waals surface area contributed by atoms with Crippen molar-refractivity contribution in [2.45, 2.75) is 12.8 Å². The molecule has 0 fully saturated rings. The number of halogens is 3. The van der Waals surface area contributed by atoms with E-state index in [1.54, 1.807) is 6.07 Å². The van der Waals surface area contributed by atoms with Crippen molar-refractivity contribution in [3.8, 4) is 6.07 Å². The number of pyridine rings is 1. The fraction of sp³-hybridized carbons (Fsp3) is 0.250. The summed E-state index contributed by atoms with van der Waals surface area (Å²) in [4.78, 5) is 12.9. The minimum absolute atomic E-state index is 0.0144. The third-order valence-corrected chi connectivity index (χ3v) is 1.57. The zero-order valence-electron chi connectivity index (χ0n) is 6.85. The molecule has 74 valence electrons. The van der Waals surface area contributed by atoms with Gasteiger partial charge in [0.2, 0.25) is 5.95 Å². The van der Waals surface area contributed by atoms with Gasteiger partial charge in [0.15, 0.2) is 5.43 Å². The lowest BCUT2D eigenvalue weighted by molar-refractivity contribution is 0.143. The molecule has 0 aliphatic heterocycles. The third-order valence-electron chi connectivity index (χ3n) is 1.57. The summed E-state index contributed by atoms with van der Waals surface area (Å²) in [6, 6.07) is 2.46. The van der Waals surface area contributed by atoms with Gasteiger partial charge in [0, 0.05) is 11.8 Å². The second-order valence-electron chi connectivity index (χ2n) is 2.52. The highest BCUT2D eigenvalue weighted by Crippen LogP contribution is 2.16. The Bertz CT molecular complexity index is 433. The first kappa shape index (κ1) is 10.3. The van der Waals surface area contributed by atoms with Crippen molar-refractivity contribution in [3.05, 3.63) is 33.5 Å². The Hall–Kier alpha value is -1.77. The van der Waals surface area contributed by atoms with Crippen molar-refractivity contribution in [1.82, 2.24) is 4.98 Å². The van der Waals surface area contributed by atoms with Crippen molar-refractivity contribution in [3.63, 3.8) is 0 Å². The van der Waals surface area contributed by atoms with Crippen LogP contribution in [0.15, 0.2) is 10.9 Å². The van der Waals surface area contributed by atoms with Gasteiger partial charge in [-0.15, -0.1) is 0 Å². The topological polar surface area (TPSA) is 56.6 Å². The molecular formula is C8H5F3N2O. The molecular weight excluding hydrogens is 197 g/mol. The first-order valence-electron chi connectivity index (χ1n) is 3.63. The Kier molecular flexibility index (Phi) is 2.92. The number of H-pyrrole nitrogens is 1. The predicted octanol–water partition coefficient (Wildman–Crippen LogP) is 1.52. The normalized spacial score (nSPS) is 10.2. The van der Waals surface area contributed by atoms with Gasteiger partial charge < -0.3 is 4.98 Å². The number of hydrogen-bond donors (Lipinski definition) is 1. The van der Waals surface area contributed by atoms with Crippen molar-refractivity contribution in [2.75, 3.05) is 0 Å². The highest BCUT2D eigenvalue weighted by Gasteiger charge is 2.18. The van der Waals surface area contributed by atoms with E-state index >= 15 is 0 Å². The number of nitriles is 1. The third kappa shape index (κ3) is 1.93. The monoisotopic (exact) mass is 202 g/mol. The minimum Gasteiger partial charge on any atom is -0.334 e. The molecule has 0 amide bonds. The van der Waals surface area contributed by atoms with E-state index in [2.05, 4.69) is 0 Å². The van der Waals surface area contributed by atoms with Crippen LogP contribution in [0.4, 0.5) is 13.2 Å². The van der Waals surface area contributed by atoms with E-state index in [1.165, 1.54) is 0 Å². The second-order valence-corrected chi connectivity index (χ2v) is 2.52. The molecule has 1 aromatic rings. The van der Waals surface area contributed by atoms with Gasteiger partial charge in [-0.25, -0.2) is 8.78 Å². The van der Waals surface area contributed by atoms with Crippen LogP contribution in [0.3, 0.4) is 0 Å². The predicted molar refractivity (Wildman–Crippen MR) is 41.3 cm³/mol. The molecule has 0 aromatic carbocycles. The summed E-state index contributed by atoms with van der Waals surface area (Å²) in [6.45, 7) is 0. The summed E-state index contributed by atoms with van der Waals surface area (Å²) in [5.41, 5.74) is -2.30. The van der Waals surface area contributed by atoms with Gasteiger partial charge in [-0.1, -0.05) is 0 Å². The van der Waals surface area contributed by atoms with Crippen LogP contribution in [0.1, 0.15) is 17.7 Å². The van der Waals surface area contributed by atoms with Gasteiger partial charge in [0.05, 0.1) is 12.5 Å². The molecule has 1 aromatic heterocycles. The molecule has 0 atom stereocenters. The summed E-state index contributed by atoms with van der Waals surface area (Å²) >= 11 is 0. The van der Waals surface area contributed by atoms with E-state index in [1.807, 2.05) is 4.98 Å². The number of nitrogens with one attached hydrogen (secondary N) is 1. The van der Waals surface area contributed by atoms with Gasteiger partial charge >= 0.3 is 0 Å². The summed E-state index contributed by atoms with van der Waals surface area (Å²) in [7, 11) is 0. The number of aromatic amines is 1. The van der Waals surface area contributed by atoms with Gasteiger partial charge in [0.1, 0.15) is 5.56 Å². The molecule has 0 saturated heterocycles. The first-order chi connectivity index (χ1) is 6.56. The first-order valence-corrected chi connectivity index (χ1v) is 3.63. The fourth-order valence-corrected chi connectivity index (χ4v) is 0.972. The van der Waals surface area contributed by atoms with Gasteiger partial charge in [-0.05, 0) is 0 Å². The molecule has 0 radical (unpaired) electrons. The van der Waals surface area contributed by atoms with Gasteiger partial charge in [-0.2, -0.15) is 9.65 Å². The maximum absolute atomic E-state index is 12.8. The maximum atomic E-state index is 12.8. The summed E-state index contributed by atoms with van der Waals surface area (Å²) in [5, 5.41) is 8.24. The molecule has 1 rings (SSSR count). The molecule has 0 aliphatic carbocycles. The zero-order valence-corrected chi connectivity index (χ0v) is 6.85. The van der Waals surface area contributed by atoms with E-state index in [9.17, 15) is 18.0 Å². The number of aromatic nitrogens is 1. The number of rotatable bonds is 2. The quantitative estimate of drug-likeness (QED) is 0.739. The largest absolute Gasteiger partial charge is 0.334 e. The van der Waals surface area contributed by atoms with E-state index < -0.39 is 23.4 Å². The lowest BCUT2D eigenvalue weighted by Crippen LogP contribution is -2.14. The number of nitrogens with zero attached hydrogens (tertiary/aromatic N) is 1. The van der Waals surface area contributed by atoms with Crippen LogP contribution in [-0.2, 0) is 6.42 Å². The van der Waals surface area contributed by atoms with Crippen molar-refractivity contribution < 1.29 is 13.2 Å². The summed E-state index contributed by atoms with van der Waals surface area (Å²) in [5.74, 6) is -1.38. The number of hydrogen-bond acceptors (Lipinski definition) is 2. The Morgan fingerprint density at radius 1 is 1.57 bits per heavy atom. The SMILES string of the molecule is N#CCc1cc(=O)c(C(F)F)c(F)[nH]1. The Labute approximate surface area is 76.8 Å². The fourth-order valence-electron chi connectivity index (χ4n) is 0.972. The van der Waals surface area contributed by atoms with Crippen molar-refractivity contribution in [2.24, 2.45) is 0 Å². The highest BCUT2D eigenvalue weighted by molar-refractivity contribution is 5.18. The Morgan fingerprint density at radius 2 is 2.21 bits per heavy atom. The highest BCUT2D eigenvalue weighted by atomic mass is 19.3. The smallest absolute Gasteiger partial charge is 0.271 e. The summed E-state index contributed by atoms with van der Waals surface area (Å²) in [6.07, 6.45) is -3.38. The van der Waals surface area contributed by atoms with E-state index in [-0.39, 0.29) is 12.1 Å². The lowest BCUT2D eigenvalue weighted by Gasteiger charge is -2.02. The van der Waals surface area contributed by atoms with Crippen LogP contribution in [0.5, 0.6) is 0 Å². The second kappa shape index (κ2) is 3.96. The molecule has 1 heterocycles. The molecule has 3 nitrogen and oxygen atoms in total.